The quantitative estimate of drug-likeness (QED) is 0.682. The standard InChI is InChI=1S/C15H21N3O3/c1-10-3-4-17(14(6-10)9-16)15(19)12-5-11(2)7-13(8-12)18(20)21/h5,7-8,10,14H,3-4,6,9,16H2,1-2H3. The average Bonchev–Trinajstić information content (AvgIpc) is 2.45. The van der Waals surface area contributed by atoms with E-state index in [1.807, 2.05) is 0 Å². The Morgan fingerprint density at radius 2 is 2.19 bits per heavy atom. The maximum atomic E-state index is 12.7. The molecule has 0 saturated carbocycles. The molecule has 1 aromatic carbocycles. The van der Waals surface area contributed by atoms with Crippen LogP contribution in [0.25, 0.3) is 0 Å². The fraction of sp³-hybridized carbons (Fsp3) is 0.533. The second-order valence-electron chi connectivity index (χ2n) is 5.83. The number of piperidine rings is 1. The van der Waals surface area contributed by atoms with Crippen LogP contribution in [0.1, 0.15) is 35.7 Å². The van der Waals surface area contributed by atoms with Crippen molar-refractivity contribution in [1.29, 1.82) is 0 Å². The zero-order valence-corrected chi connectivity index (χ0v) is 12.4. The van der Waals surface area contributed by atoms with Gasteiger partial charge in [-0.1, -0.05) is 6.92 Å². The van der Waals surface area contributed by atoms with Gasteiger partial charge in [-0.15, -0.1) is 0 Å². The van der Waals surface area contributed by atoms with E-state index in [-0.39, 0.29) is 17.6 Å². The van der Waals surface area contributed by atoms with Crippen molar-refractivity contribution >= 4 is 11.6 Å². The van der Waals surface area contributed by atoms with Crippen molar-refractivity contribution in [2.24, 2.45) is 11.7 Å². The van der Waals surface area contributed by atoms with Crippen LogP contribution < -0.4 is 5.73 Å². The van der Waals surface area contributed by atoms with Crippen molar-refractivity contribution < 1.29 is 9.72 Å². The minimum Gasteiger partial charge on any atom is -0.334 e. The Morgan fingerprint density at radius 3 is 2.81 bits per heavy atom. The van der Waals surface area contributed by atoms with Gasteiger partial charge in [-0.05, 0) is 37.3 Å². The summed E-state index contributed by atoms with van der Waals surface area (Å²) in [6.45, 7) is 4.98. The smallest absolute Gasteiger partial charge is 0.270 e. The van der Waals surface area contributed by atoms with Gasteiger partial charge in [0.1, 0.15) is 0 Å². The van der Waals surface area contributed by atoms with Crippen LogP contribution in [-0.2, 0) is 0 Å². The molecule has 6 nitrogen and oxygen atoms in total. The van der Waals surface area contributed by atoms with Crippen molar-refractivity contribution in [2.75, 3.05) is 13.1 Å². The highest BCUT2D eigenvalue weighted by atomic mass is 16.6. The SMILES string of the molecule is Cc1cc(C(=O)N2CCC(C)CC2CN)cc([N+](=O)[O-])c1. The molecule has 0 aliphatic carbocycles. The number of rotatable bonds is 3. The lowest BCUT2D eigenvalue weighted by Crippen LogP contribution is -2.49. The van der Waals surface area contributed by atoms with Crippen LogP contribution in [0.5, 0.6) is 0 Å². The summed E-state index contributed by atoms with van der Waals surface area (Å²) in [5.41, 5.74) is 6.81. The number of amides is 1. The van der Waals surface area contributed by atoms with Crippen molar-refractivity contribution in [2.45, 2.75) is 32.7 Å². The minimum atomic E-state index is -0.470. The van der Waals surface area contributed by atoms with Crippen molar-refractivity contribution in [3.8, 4) is 0 Å². The summed E-state index contributed by atoms with van der Waals surface area (Å²) >= 11 is 0. The molecule has 1 saturated heterocycles. The number of aryl methyl sites for hydroxylation is 1. The first-order valence-corrected chi connectivity index (χ1v) is 7.19. The van der Waals surface area contributed by atoms with Gasteiger partial charge in [-0.3, -0.25) is 14.9 Å². The van der Waals surface area contributed by atoms with E-state index in [2.05, 4.69) is 6.92 Å². The van der Waals surface area contributed by atoms with E-state index >= 15 is 0 Å². The second kappa shape index (κ2) is 6.22. The van der Waals surface area contributed by atoms with Gasteiger partial charge in [-0.2, -0.15) is 0 Å². The number of benzene rings is 1. The molecule has 2 unspecified atom stereocenters. The Hall–Kier alpha value is -1.95. The average molecular weight is 291 g/mol. The lowest BCUT2D eigenvalue weighted by Gasteiger charge is -2.38. The van der Waals surface area contributed by atoms with Gasteiger partial charge in [0.25, 0.3) is 11.6 Å². The highest BCUT2D eigenvalue weighted by Gasteiger charge is 2.30. The van der Waals surface area contributed by atoms with Gasteiger partial charge in [0, 0.05) is 36.8 Å². The summed E-state index contributed by atoms with van der Waals surface area (Å²) < 4.78 is 0. The first-order chi connectivity index (χ1) is 9.92. The highest BCUT2D eigenvalue weighted by molar-refractivity contribution is 5.95. The normalized spacial score (nSPS) is 22.1. The molecule has 2 N–H and O–H groups in total. The Balaban J connectivity index is 2.28. The molecule has 1 aromatic rings. The van der Waals surface area contributed by atoms with E-state index in [0.29, 0.717) is 30.1 Å². The first kappa shape index (κ1) is 15.4. The van der Waals surface area contributed by atoms with E-state index in [9.17, 15) is 14.9 Å². The van der Waals surface area contributed by atoms with Crippen LogP contribution in [0.15, 0.2) is 18.2 Å². The molecule has 1 aliphatic heterocycles. The first-order valence-electron chi connectivity index (χ1n) is 7.19. The molecule has 6 heteroatoms. The van der Waals surface area contributed by atoms with Crippen LogP contribution in [0.3, 0.4) is 0 Å². The maximum Gasteiger partial charge on any atom is 0.270 e. The molecule has 1 amide bonds. The molecular weight excluding hydrogens is 270 g/mol. The Morgan fingerprint density at radius 1 is 1.48 bits per heavy atom. The van der Waals surface area contributed by atoms with Crippen LogP contribution in [0.2, 0.25) is 0 Å². The number of nitro benzene ring substituents is 1. The Kier molecular flexibility index (Phi) is 4.57. The molecule has 0 radical (unpaired) electrons. The lowest BCUT2D eigenvalue weighted by atomic mass is 9.91. The van der Waals surface area contributed by atoms with Crippen molar-refractivity contribution in [3.05, 3.63) is 39.4 Å². The molecule has 1 aliphatic rings. The molecule has 0 aromatic heterocycles. The third-order valence-electron chi connectivity index (χ3n) is 4.03. The van der Waals surface area contributed by atoms with Crippen LogP contribution in [0, 0.1) is 23.0 Å². The number of nitro groups is 1. The summed E-state index contributed by atoms with van der Waals surface area (Å²) in [5.74, 6) is 0.388. The summed E-state index contributed by atoms with van der Waals surface area (Å²) in [6.07, 6.45) is 1.83. The van der Waals surface area contributed by atoms with Gasteiger partial charge in [0.15, 0.2) is 0 Å². The minimum absolute atomic E-state index is 0.0146. The zero-order chi connectivity index (χ0) is 15.6. The van der Waals surface area contributed by atoms with Gasteiger partial charge < -0.3 is 10.6 Å². The van der Waals surface area contributed by atoms with E-state index < -0.39 is 4.92 Å². The van der Waals surface area contributed by atoms with Gasteiger partial charge >= 0.3 is 0 Å². The summed E-state index contributed by atoms with van der Waals surface area (Å²) in [4.78, 5) is 24.9. The van der Waals surface area contributed by atoms with Crippen LogP contribution >= 0.6 is 0 Å². The Bertz CT molecular complexity index is 559. The maximum absolute atomic E-state index is 12.7. The molecule has 114 valence electrons. The number of likely N-dealkylation sites (tertiary alicyclic amines) is 1. The largest absolute Gasteiger partial charge is 0.334 e. The van der Waals surface area contributed by atoms with Gasteiger partial charge in [0.2, 0.25) is 0 Å². The summed E-state index contributed by atoms with van der Waals surface area (Å²) in [6, 6.07) is 4.53. The van der Waals surface area contributed by atoms with E-state index in [1.165, 1.54) is 12.1 Å². The predicted octanol–water partition coefficient (Wildman–Crippen LogP) is 2.10. The number of nitrogens with zero attached hydrogens (tertiary/aromatic N) is 2. The number of carbonyl (C=O) groups excluding carboxylic acids is 1. The fourth-order valence-corrected chi connectivity index (χ4v) is 2.90. The predicted molar refractivity (Wildman–Crippen MR) is 80.1 cm³/mol. The summed E-state index contributed by atoms with van der Waals surface area (Å²) in [7, 11) is 0. The number of hydrogen-bond acceptors (Lipinski definition) is 4. The molecule has 0 bridgehead atoms. The topological polar surface area (TPSA) is 89.5 Å². The summed E-state index contributed by atoms with van der Waals surface area (Å²) in [5, 5.41) is 10.9. The molecule has 0 spiro atoms. The molecular formula is C15H21N3O3. The van der Waals surface area contributed by atoms with Crippen LogP contribution in [-0.4, -0.2) is 34.9 Å². The molecule has 2 rings (SSSR count). The molecule has 1 heterocycles. The second-order valence-corrected chi connectivity index (χ2v) is 5.83. The third-order valence-corrected chi connectivity index (χ3v) is 4.03. The number of non-ortho nitro benzene ring substituents is 1. The van der Waals surface area contributed by atoms with Crippen molar-refractivity contribution in [1.82, 2.24) is 4.90 Å². The van der Waals surface area contributed by atoms with E-state index in [4.69, 9.17) is 5.73 Å². The fourth-order valence-electron chi connectivity index (χ4n) is 2.90. The third kappa shape index (κ3) is 3.39. The number of nitrogens with two attached hydrogens (primary N) is 1. The van der Waals surface area contributed by atoms with Crippen molar-refractivity contribution in [3.63, 3.8) is 0 Å². The van der Waals surface area contributed by atoms with E-state index in [1.54, 1.807) is 17.9 Å². The molecule has 21 heavy (non-hydrogen) atoms. The molecule has 1 fully saturated rings. The van der Waals surface area contributed by atoms with Crippen LogP contribution in [0.4, 0.5) is 5.69 Å². The lowest BCUT2D eigenvalue weighted by molar-refractivity contribution is -0.384. The Labute approximate surface area is 124 Å². The van der Waals surface area contributed by atoms with E-state index in [0.717, 1.165) is 12.8 Å². The van der Waals surface area contributed by atoms with Gasteiger partial charge in [0.05, 0.1) is 4.92 Å². The highest BCUT2D eigenvalue weighted by Crippen LogP contribution is 2.25. The van der Waals surface area contributed by atoms with Gasteiger partial charge in [-0.25, -0.2) is 0 Å². The number of carbonyl (C=O) groups is 1. The molecule has 2 atom stereocenters. The number of hydrogen-bond donors (Lipinski definition) is 1. The zero-order valence-electron chi connectivity index (χ0n) is 12.4. The monoisotopic (exact) mass is 291 g/mol.